The van der Waals surface area contributed by atoms with Crippen LogP contribution < -0.4 is 5.73 Å². The molecule has 0 aromatic heterocycles. The molecule has 14 N–H and O–H groups in total. The predicted molar refractivity (Wildman–Crippen MR) is 336 cm³/mol. The molecular formula is C48H32N12O32S9. The van der Waals surface area contributed by atoms with E-state index in [0.717, 1.165) is 36.4 Å². The molecule has 0 aliphatic rings. The highest BCUT2D eigenvalue weighted by atomic mass is 32.3. The standard InChI is InChI=1S/C48H32N12O32S9/c49-41-32(18-33(94(69,70)71)27-17-39(100(87,88)89)44(47(63)40(27)41)59-53-29-9-4-22(60(64)65)14-36(29)97(78,79)80)56-54-30-10-7-24-26(48(30)101(90,91)92)16-38(99(84,85)86)43(45(24)61)58-55-31-15-25-19(11-34(31)95(72,73)74)12-37(98(81,82)83)42(46(25)62)57-52-28-8-3-21(13-35(28)96(75,76)77)51-50-20-1-5-23(6-2-20)93(66,67)68/h1-18,61-63H,49H2,(H,66,67,68)(H,69,70,71)(H,72,73,74)(H,75,76,77)(H,78,79,80)(H,81,82,83)(H,84,85,86)(H,87,88,89)(H,90,91,92). The summed E-state index contributed by atoms with van der Waals surface area (Å²) in [5.74, 6) is -4.63. The predicted octanol–water partition coefficient (Wildman–Crippen LogP) is 9.05. The van der Waals surface area contributed by atoms with E-state index >= 15 is 0 Å². The average Bonchev–Trinajstić information content (AvgIpc) is 0.745. The average molecular weight is 1580 g/mol. The summed E-state index contributed by atoms with van der Waals surface area (Å²) >= 11 is 0. The molecule has 0 amide bonds. The highest BCUT2D eigenvalue weighted by Crippen LogP contribution is 2.51. The zero-order valence-electron chi connectivity index (χ0n) is 48.1. The van der Waals surface area contributed by atoms with Crippen LogP contribution in [0.2, 0.25) is 0 Å². The lowest BCUT2D eigenvalue weighted by Gasteiger charge is -2.15. The lowest BCUT2D eigenvalue weighted by atomic mass is 10.0. The van der Waals surface area contributed by atoms with Crippen LogP contribution in [-0.2, 0) is 91.1 Å². The Balaban J connectivity index is 1.17. The minimum Gasteiger partial charge on any atom is -0.505 e. The van der Waals surface area contributed by atoms with Crippen LogP contribution in [0.15, 0.2) is 204 Å². The van der Waals surface area contributed by atoms with Gasteiger partial charge in [-0.15, -0.1) is 40.9 Å². The Labute approximate surface area is 562 Å². The van der Waals surface area contributed by atoms with E-state index in [0.29, 0.717) is 48.5 Å². The van der Waals surface area contributed by atoms with Crippen LogP contribution in [0, 0.1) is 10.1 Å². The maximum atomic E-state index is 13.3. The number of anilines is 1. The van der Waals surface area contributed by atoms with Gasteiger partial charge in [0.05, 0.1) is 32.3 Å². The van der Waals surface area contributed by atoms with Crippen molar-refractivity contribution in [3.8, 4) is 17.2 Å². The molecule has 530 valence electrons. The molecule has 0 aliphatic carbocycles. The fraction of sp³-hybridized carbons (Fsp3) is 0. The lowest BCUT2D eigenvalue weighted by Crippen LogP contribution is -2.04. The molecule has 0 radical (unpaired) electrons. The first-order chi connectivity index (χ1) is 46.3. The van der Waals surface area contributed by atoms with E-state index in [4.69, 9.17) is 5.73 Å². The number of fused-ring (bicyclic) bond motifs is 3. The molecule has 0 saturated heterocycles. The van der Waals surface area contributed by atoms with E-state index in [1.165, 1.54) is 0 Å². The number of aromatic hydroxyl groups is 3. The number of hydrogen-bond acceptors (Lipinski definition) is 34. The number of nitro benzene ring substituents is 1. The van der Waals surface area contributed by atoms with Crippen molar-refractivity contribution in [2.75, 3.05) is 5.73 Å². The normalized spacial score (nSPS) is 13.6. The number of nitrogens with two attached hydrogens (primary N) is 1. The van der Waals surface area contributed by atoms with E-state index in [1.807, 2.05) is 0 Å². The van der Waals surface area contributed by atoms with Crippen LogP contribution >= 0.6 is 0 Å². The van der Waals surface area contributed by atoms with Gasteiger partial charge in [0.25, 0.3) is 96.8 Å². The number of phenolic OH excluding ortho intramolecular Hbond substituents is 3. The Morgan fingerprint density at radius 3 is 1.21 bits per heavy atom. The van der Waals surface area contributed by atoms with E-state index in [2.05, 4.69) is 51.1 Å². The zero-order chi connectivity index (χ0) is 75.2. The first-order valence-corrected chi connectivity index (χ1v) is 38.4. The Morgan fingerprint density at radius 1 is 0.317 bits per heavy atom. The minimum absolute atomic E-state index is 0.0592. The smallest absolute Gasteiger partial charge is 0.297 e. The number of rotatable bonds is 20. The summed E-state index contributed by atoms with van der Waals surface area (Å²) in [7, 11) is -50.1. The number of phenols is 3. The molecule has 101 heavy (non-hydrogen) atoms. The Hall–Kier alpha value is -10.5. The maximum Gasteiger partial charge on any atom is 0.297 e. The second-order valence-electron chi connectivity index (χ2n) is 19.8. The zero-order valence-corrected chi connectivity index (χ0v) is 55.4. The van der Waals surface area contributed by atoms with Gasteiger partial charge in [-0.25, -0.2) is 0 Å². The molecule has 0 atom stereocenters. The van der Waals surface area contributed by atoms with Crippen LogP contribution in [-0.4, -0.2) is 137 Å². The molecule has 0 saturated carbocycles. The van der Waals surface area contributed by atoms with Crippen molar-refractivity contribution >= 4 is 192 Å². The van der Waals surface area contributed by atoms with Crippen molar-refractivity contribution in [1.82, 2.24) is 0 Å². The molecule has 0 spiro atoms. The number of azo groups is 5. The number of nitrogen functional groups attached to an aromatic ring is 1. The molecule has 0 bridgehead atoms. The van der Waals surface area contributed by atoms with Gasteiger partial charge in [0.2, 0.25) is 0 Å². The van der Waals surface area contributed by atoms with E-state index in [1.54, 1.807) is 0 Å². The summed E-state index contributed by atoms with van der Waals surface area (Å²) in [4.78, 5) is -2.02. The van der Waals surface area contributed by atoms with Crippen molar-refractivity contribution in [1.29, 1.82) is 0 Å². The molecule has 9 rings (SSSR count). The molecule has 0 heterocycles. The first kappa shape index (κ1) is 74.8. The molecule has 9 aromatic carbocycles. The van der Waals surface area contributed by atoms with Gasteiger partial charge in [-0.1, -0.05) is 0 Å². The molecule has 0 fully saturated rings. The summed E-state index contributed by atoms with van der Waals surface area (Å²) in [6.07, 6.45) is 0. The summed E-state index contributed by atoms with van der Waals surface area (Å²) in [5, 5.41) is 75.7. The van der Waals surface area contributed by atoms with Crippen LogP contribution in [0.3, 0.4) is 0 Å². The van der Waals surface area contributed by atoms with Gasteiger partial charge in [0.15, 0.2) is 17.2 Å². The quantitative estimate of drug-likeness (QED) is 0.0111. The van der Waals surface area contributed by atoms with Crippen LogP contribution in [0.25, 0.3) is 32.3 Å². The van der Waals surface area contributed by atoms with E-state index in [-0.39, 0.29) is 35.6 Å². The third-order valence-corrected chi connectivity index (χ3v) is 21.3. The van der Waals surface area contributed by atoms with Gasteiger partial charge in [-0.05, 0) is 102 Å². The summed E-state index contributed by atoms with van der Waals surface area (Å²) in [6.45, 7) is 0. The number of nitro groups is 1. The van der Waals surface area contributed by atoms with Crippen LogP contribution in [0.4, 0.5) is 68.2 Å². The molecule has 53 heteroatoms. The topological polar surface area (TPSA) is 743 Å². The van der Waals surface area contributed by atoms with Gasteiger partial charge < -0.3 is 21.1 Å². The molecular weight excluding hydrogens is 1550 g/mol. The number of non-ortho nitro benzene ring substituents is 1. The second kappa shape index (κ2) is 25.9. The van der Waals surface area contributed by atoms with Crippen molar-refractivity contribution < 1.29 is 137 Å². The Morgan fingerprint density at radius 2 is 0.713 bits per heavy atom. The maximum absolute atomic E-state index is 13.3. The number of hydrogen-bond donors (Lipinski definition) is 13. The third kappa shape index (κ3) is 15.6. The molecule has 9 aromatic rings. The summed E-state index contributed by atoms with van der Waals surface area (Å²) < 4.78 is 318. The van der Waals surface area contributed by atoms with E-state index < -0.39 is 246 Å². The number of nitrogens with zero attached hydrogens (tertiary/aromatic N) is 11. The number of benzene rings is 9. The fourth-order valence-corrected chi connectivity index (χ4v) is 14.9. The molecule has 44 nitrogen and oxygen atoms in total. The van der Waals surface area contributed by atoms with Gasteiger partial charge in [-0.2, -0.15) is 86.0 Å². The van der Waals surface area contributed by atoms with Gasteiger partial charge in [-0.3, -0.25) is 51.1 Å². The van der Waals surface area contributed by atoms with Gasteiger partial charge in [0, 0.05) is 33.7 Å². The lowest BCUT2D eigenvalue weighted by molar-refractivity contribution is -0.385. The molecule has 0 unspecified atom stereocenters. The van der Waals surface area contributed by atoms with Crippen molar-refractivity contribution in [3.05, 3.63) is 119 Å². The summed E-state index contributed by atoms with van der Waals surface area (Å²) in [6, 6.07) is 10.8. The summed E-state index contributed by atoms with van der Waals surface area (Å²) in [5.41, 5.74) is -5.83. The van der Waals surface area contributed by atoms with Gasteiger partial charge in [0.1, 0.15) is 84.7 Å². The van der Waals surface area contributed by atoms with Crippen LogP contribution in [0.1, 0.15) is 0 Å². The van der Waals surface area contributed by atoms with Crippen molar-refractivity contribution in [2.24, 2.45) is 51.1 Å². The van der Waals surface area contributed by atoms with E-state index in [9.17, 15) is 142 Å². The Kier molecular flexibility index (Phi) is 19.2. The Bertz CT molecular complexity index is 6480. The van der Waals surface area contributed by atoms with Crippen molar-refractivity contribution in [3.63, 3.8) is 0 Å². The third-order valence-electron chi connectivity index (χ3n) is 13.4. The minimum atomic E-state index is -5.94. The van der Waals surface area contributed by atoms with Crippen molar-refractivity contribution in [2.45, 2.75) is 44.1 Å². The molecule has 0 aliphatic heterocycles. The first-order valence-electron chi connectivity index (χ1n) is 25.4. The largest absolute Gasteiger partial charge is 0.505 e. The second-order valence-corrected chi connectivity index (χ2v) is 32.3. The fourth-order valence-electron chi connectivity index (χ4n) is 9.04. The highest BCUT2D eigenvalue weighted by molar-refractivity contribution is 7.88. The SMILES string of the molecule is Nc1c(N=Nc2ccc3c(O)c(N=Nc4cc5c(O)c(N=Nc6ccc(N=Nc7ccc(S(=O)(=O)O)cc7)cc6S(=O)(=O)O)c(S(=O)(=O)O)cc5cc4S(=O)(=O)O)c(S(=O)(=O)O)cc3c2S(=O)(=O)O)cc(S(=O)(=O)O)c2cc(S(=O)(=O)O)c(N=Nc3ccc([N+](=O)[O-])cc3S(=O)(=O)O)c(O)c12. The highest BCUT2D eigenvalue weighted by Gasteiger charge is 2.33. The van der Waals surface area contributed by atoms with Crippen LogP contribution in [0.5, 0.6) is 17.2 Å². The monoisotopic (exact) mass is 1580 g/mol. The van der Waals surface area contributed by atoms with Gasteiger partial charge >= 0.3 is 0 Å².